The third kappa shape index (κ3) is 2.80. The first-order valence-corrected chi connectivity index (χ1v) is 8.00. The predicted octanol–water partition coefficient (Wildman–Crippen LogP) is 2.62. The first-order chi connectivity index (χ1) is 11.2. The van der Waals surface area contributed by atoms with Gasteiger partial charge < -0.3 is 14.8 Å². The second-order valence-corrected chi connectivity index (χ2v) is 6.21. The number of amides is 1. The van der Waals surface area contributed by atoms with Gasteiger partial charge in [-0.1, -0.05) is 5.16 Å². The van der Waals surface area contributed by atoms with Crippen molar-refractivity contribution in [3.8, 4) is 10.8 Å². The van der Waals surface area contributed by atoms with Gasteiger partial charge in [0, 0.05) is 18.2 Å². The van der Waals surface area contributed by atoms with Crippen molar-refractivity contribution in [2.24, 2.45) is 0 Å². The molecule has 0 aliphatic heterocycles. The molecule has 0 unspecified atom stereocenters. The monoisotopic (exact) mass is 328 g/mol. The van der Waals surface area contributed by atoms with Crippen LogP contribution in [-0.2, 0) is 0 Å². The molecule has 0 radical (unpaired) electrons. The largest absolute Gasteiger partial charge is 0.333 e. The van der Waals surface area contributed by atoms with Crippen molar-refractivity contribution in [3.63, 3.8) is 0 Å². The summed E-state index contributed by atoms with van der Waals surface area (Å²) < 4.78 is 5.30. The first-order valence-electron chi connectivity index (χ1n) is 7.12. The van der Waals surface area contributed by atoms with Crippen LogP contribution >= 0.6 is 11.3 Å². The molecule has 3 aromatic heterocycles. The van der Waals surface area contributed by atoms with E-state index in [9.17, 15) is 9.59 Å². The smallest absolute Gasteiger partial charge is 0.270 e. The van der Waals surface area contributed by atoms with E-state index in [-0.39, 0.29) is 11.5 Å². The van der Waals surface area contributed by atoms with Crippen molar-refractivity contribution < 1.29 is 9.32 Å². The Kier molecular flexibility index (Phi) is 3.30. The van der Waals surface area contributed by atoms with Crippen molar-refractivity contribution in [1.82, 2.24) is 15.1 Å². The molecule has 1 aliphatic rings. The quantitative estimate of drug-likeness (QED) is 0.766. The molecule has 116 valence electrons. The summed E-state index contributed by atoms with van der Waals surface area (Å²) in [4.78, 5) is 30.9. The number of thiophene rings is 1. The molecule has 1 aliphatic carbocycles. The summed E-state index contributed by atoms with van der Waals surface area (Å²) in [5.41, 5.74) is 0.722. The molecule has 23 heavy (non-hydrogen) atoms. The number of nitrogens with one attached hydrogen (secondary N) is 2. The Labute approximate surface area is 134 Å². The molecule has 7 nitrogen and oxygen atoms in total. The number of pyridine rings is 1. The van der Waals surface area contributed by atoms with Gasteiger partial charge in [-0.05, 0) is 30.4 Å². The van der Waals surface area contributed by atoms with Gasteiger partial charge in [0.25, 0.3) is 11.8 Å². The highest BCUT2D eigenvalue weighted by Crippen LogP contribution is 2.40. The fourth-order valence-corrected chi connectivity index (χ4v) is 2.92. The van der Waals surface area contributed by atoms with Crippen LogP contribution in [0.5, 0.6) is 0 Å². The molecule has 4 rings (SSSR count). The second kappa shape index (κ2) is 5.47. The zero-order chi connectivity index (χ0) is 15.8. The van der Waals surface area contributed by atoms with E-state index in [1.807, 2.05) is 5.38 Å². The van der Waals surface area contributed by atoms with Gasteiger partial charge in [0.05, 0.1) is 11.3 Å². The van der Waals surface area contributed by atoms with E-state index in [2.05, 4.69) is 20.4 Å². The second-order valence-electron chi connectivity index (χ2n) is 5.29. The Bertz CT molecular complexity index is 902. The minimum Gasteiger partial charge on any atom is -0.333 e. The zero-order valence-electron chi connectivity index (χ0n) is 11.9. The van der Waals surface area contributed by atoms with Gasteiger partial charge in [0.2, 0.25) is 5.56 Å². The Morgan fingerprint density at radius 1 is 1.35 bits per heavy atom. The number of carbonyl (C=O) groups excluding carboxylic acids is 1. The molecule has 3 aromatic rings. The highest BCUT2D eigenvalue weighted by Gasteiger charge is 2.29. The average molecular weight is 328 g/mol. The van der Waals surface area contributed by atoms with Crippen molar-refractivity contribution in [2.75, 3.05) is 5.32 Å². The molecule has 1 amide bonds. The molecule has 1 fully saturated rings. The predicted molar refractivity (Wildman–Crippen MR) is 84.6 cm³/mol. The van der Waals surface area contributed by atoms with Gasteiger partial charge in [-0.2, -0.15) is 4.98 Å². The van der Waals surface area contributed by atoms with Crippen LogP contribution in [0.2, 0.25) is 0 Å². The molecule has 0 aromatic carbocycles. The summed E-state index contributed by atoms with van der Waals surface area (Å²) in [5.74, 6) is 1.24. The van der Waals surface area contributed by atoms with Crippen molar-refractivity contribution >= 4 is 22.9 Å². The van der Waals surface area contributed by atoms with Crippen LogP contribution in [0.1, 0.15) is 34.9 Å². The van der Waals surface area contributed by atoms with Gasteiger partial charge in [-0.15, -0.1) is 11.3 Å². The van der Waals surface area contributed by atoms with E-state index in [4.69, 9.17) is 4.52 Å². The Balaban J connectivity index is 1.57. The lowest BCUT2D eigenvalue weighted by molar-refractivity contribution is 0.102. The topological polar surface area (TPSA) is 101 Å². The van der Waals surface area contributed by atoms with Crippen molar-refractivity contribution in [3.05, 3.63) is 51.5 Å². The summed E-state index contributed by atoms with van der Waals surface area (Å²) in [6, 6.07) is 4.56. The minimum atomic E-state index is -0.317. The molecule has 0 atom stereocenters. The Morgan fingerprint density at radius 2 is 2.22 bits per heavy atom. The van der Waals surface area contributed by atoms with Gasteiger partial charge in [0.15, 0.2) is 5.82 Å². The van der Waals surface area contributed by atoms with Gasteiger partial charge in [0.1, 0.15) is 4.88 Å². The molecular formula is C15H12N4O3S. The maximum absolute atomic E-state index is 12.2. The average Bonchev–Trinajstić information content (AvgIpc) is 3.10. The van der Waals surface area contributed by atoms with Crippen molar-refractivity contribution in [1.29, 1.82) is 0 Å². The van der Waals surface area contributed by atoms with Crippen LogP contribution in [0, 0.1) is 0 Å². The number of hydrogen-bond acceptors (Lipinski definition) is 6. The Morgan fingerprint density at radius 3 is 2.96 bits per heavy atom. The maximum Gasteiger partial charge on any atom is 0.270 e. The molecule has 0 spiro atoms. The van der Waals surface area contributed by atoms with Crippen LogP contribution in [-0.4, -0.2) is 21.0 Å². The van der Waals surface area contributed by atoms with Crippen LogP contribution in [0.3, 0.4) is 0 Å². The first kappa shape index (κ1) is 13.9. The van der Waals surface area contributed by atoms with Gasteiger partial charge in [-0.25, -0.2) is 0 Å². The molecule has 8 heteroatoms. The lowest BCUT2D eigenvalue weighted by atomic mass is 10.2. The van der Waals surface area contributed by atoms with Gasteiger partial charge in [-0.3, -0.25) is 9.59 Å². The minimum absolute atomic E-state index is 0.253. The number of anilines is 1. The molecule has 2 N–H and O–H groups in total. The third-order valence-corrected chi connectivity index (χ3v) is 4.44. The third-order valence-electron chi connectivity index (χ3n) is 3.54. The van der Waals surface area contributed by atoms with Crippen LogP contribution in [0.25, 0.3) is 10.8 Å². The van der Waals surface area contributed by atoms with Crippen LogP contribution < -0.4 is 10.9 Å². The SMILES string of the molecule is O=C(Nc1ccsc1-c1nc(C2CC2)no1)c1ccc(=O)[nH]c1. The molecule has 0 saturated heterocycles. The van der Waals surface area contributed by atoms with E-state index < -0.39 is 0 Å². The fraction of sp³-hybridized carbons (Fsp3) is 0.200. The number of rotatable bonds is 4. The number of aromatic nitrogens is 3. The summed E-state index contributed by atoms with van der Waals surface area (Å²) in [7, 11) is 0. The normalized spacial score (nSPS) is 13.9. The standard InChI is InChI=1S/C15H12N4O3S/c20-11-4-3-9(7-16-11)14(21)17-10-5-6-23-12(10)15-18-13(19-22-15)8-1-2-8/h3-8H,1-2H2,(H,16,20)(H,17,21). The highest BCUT2D eigenvalue weighted by molar-refractivity contribution is 7.14. The lowest BCUT2D eigenvalue weighted by Crippen LogP contribution is -2.14. The number of aromatic amines is 1. The van der Waals surface area contributed by atoms with Gasteiger partial charge >= 0.3 is 0 Å². The van der Waals surface area contributed by atoms with E-state index in [1.54, 1.807) is 6.07 Å². The molecule has 1 saturated carbocycles. The summed E-state index contributed by atoms with van der Waals surface area (Å²) in [6.07, 6.45) is 3.57. The van der Waals surface area contributed by atoms with E-state index in [1.165, 1.54) is 29.7 Å². The van der Waals surface area contributed by atoms with Crippen LogP contribution in [0.15, 0.2) is 39.1 Å². The zero-order valence-corrected chi connectivity index (χ0v) is 12.7. The maximum atomic E-state index is 12.2. The van der Waals surface area contributed by atoms with Crippen molar-refractivity contribution in [2.45, 2.75) is 18.8 Å². The number of hydrogen-bond donors (Lipinski definition) is 2. The number of H-pyrrole nitrogens is 1. The van der Waals surface area contributed by atoms with E-state index >= 15 is 0 Å². The molecule has 0 bridgehead atoms. The van der Waals surface area contributed by atoms with E-state index in [0.29, 0.717) is 23.1 Å². The summed E-state index contributed by atoms with van der Waals surface area (Å²) in [5, 5.41) is 8.64. The van der Waals surface area contributed by atoms with Crippen LogP contribution in [0.4, 0.5) is 5.69 Å². The number of nitrogens with zero attached hydrogens (tertiary/aromatic N) is 2. The number of carbonyl (C=O) groups is 1. The fourth-order valence-electron chi connectivity index (χ4n) is 2.15. The summed E-state index contributed by atoms with van der Waals surface area (Å²) >= 11 is 1.42. The Hall–Kier alpha value is -2.74. The highest BCUT2D eigenvalue weighted by atomic mass is 32.1. The molecule has 3 heterocycles. The summed E-state index contributed by atoms with van der Waals surface area (Å²) in [6.45, 7) is 0. The van der Waals surface area contributed by atoms with E-state index in [0.717, 1.165) is 23.5 Å². The molecular weight excluding hydrogens is 316 g/mol. The lowest BCUT2D eigenvalue weighted by Gasteiger charge is -2.04.